The largest absolute Gasteiger partial charge is 0.491 e. The van der Waals surface area contributed by atoms with Gasteiger partial charge in [-0.25, -0.2) is 65.6 Å². The van der Waals surface area contributed by atoms with Crippen molar-refractivity contribution in [2.24, 2.45) is 0 Å². The molecule has 5 N–H and O–H groups in total. The monoisotopic (exact) mass is 1800 g/mol. The summed E-state index contributed by atoms with van der Waals surface area (Å²) in [7, 11) is 0. The Bertz CT molecular complexity index is 6390. The summed E-state index contributed by atoms with van der Waals surface area (Å²) >= 11 is 7.27. The number of nitrogens with one attached hydrogen (secondary N) is 5. The molecule has 15 aromatic rings. The van der Waals surface area contributed by atoms with Crippen molar-refractivity contribution in [3.05, 3.63) is 371 Å². The minimum absolute atomic E-state index is 0. The lowest BCUT2D eigenvalue weighted by Gasteiger charge is -2.23. The Kier molecular flexibility index (Phi) is 35.7. The summed E-state index contributed by atoms with van der Waals surface area (Å²) < 4.78 is 123. The summed E-state index contributed by atoms with van der Waals surface area (Å²) in [4.78, 5) is 102. The van der Waals surface area contributed by atoms with E-state index in [1.165, 1.54) is 171 Å². The van der Waals surface area contributed by atoms with Crippen LogP contribution in [0.2, 0.25) is 5.02 Å². The number of aryl methyl sites for hydroxylation is 1. The topological polar surface area (TPSA) is 324 Å². The van der Waals surface area contributed by atoms with Crippen molar-refractivity contribution in [1.82, 2.24) is 49.8 Å². The highest BCUT2D eigenvalue weighted by molar-refractivity contribution is 7.11. The number of rotatable bonds is 24. The molecular formula is C95H80ClF7N16O10S. The number of pyridine rings is 3. The van der Waals surface area contributed by atoms with E-state index in [1.54, 1.807) is 84.5 Å². The number of halogens is 8. The molecule has 0 aliphatic rings. The second-order valence-corrected chi connectivity index (χ2v) is 28.4. The van der Waals surface area contributed by atoms with Crippen LogP contribution in [0.15, 0.2) is 293 Å². The molecule has 662 valence electrons. The maximum Gasteiger partial charge on any atom is 0.284 e. The maximum absolute atomic E-state index is 14.2. The molecule has 15 rings (SSSR count). The second-order valence-electron chi connectivity index (χ2n) is 27.0. The van der Waals surface area contributed by atoms with Crippen molar-refractivity contribution in [2.45, 2.75) is 61.5 Å². The van der Waals surface area contributed by atoms with E-state index < -0.39 is 52.7 Å². The first-order chi connectivity index (χ1) is 61.6. The lowest BCUT2D eigenvalue weighted by molar-refractivity contribution is 0.0174. The van der Waals surface area contributed by atoms with Gasteiger partial charge < -0.3 is 55.2 Å². The van der Waals surface area contributed by atoms with E-state index in [2.05, 4.69) is 82.3 Å². The van der Waals surface area contributed by atoms with E-state index >= 15 is 0 Å². The zero-order valence-corrected chi connectivity index (χ0v) is 69.6. The molecular weight excluding hydrogens is 1730 g/mol. The number of hydrogen-bond acceptors (Lipinski definition) is 22. The lowest BCUT2D eigenvalue weighted by Crippen LogP contribution is -2.17. The molecule has 0 radical (unpaired) electrons. The Morgan fingerprint density at radius 1 is 0.438 bits per heavy atom. The van der Waals surface area contributed by atoms with Crippen LogP contribution in [0.25, 0.3) is 0 Å². The number of carbonyl (C=O) groups is 5. The Morgan fingerprint density at radius 3 is 1.38 bits per heavy atom. The molecule has 0 aliphatic carbocycles. The molecule has 26 nitrogen and oxygen atoms in total. The Hall–Kier alpha value is -16.4. The summed E-state index contributed by atoms with van der Waals surface area (Å²) in [6, 6.07) is 47.7. The smallest absolute Gasteiger partial charge is 0.284 e. The van der Waals surface area contributed by atoms with Gasteiger partial charge in [0.15, 0.2) is 22.3 Å². The van der Waals surface area contributed by atoms with Gasteiger partial charge in [-0.05, 0) is 137 Å². The highest BCUT2D eigenvalue weighted by atomic mass is 35.5. The van der Waals surface area contributed by atoms with Gasteiger partial charge in [0.2, 0.25) is 0 Å². The van der Waals surface area contributed by atoms with Crippen LogP contribution in [-0.2, 0) is 5.92 Å². The number of thiazole rings is 1. The first-order valence-corrected chi connectivity index (χ1v) is 39.3. The van der Waals surface area contributed by atoms with Crippen molar-refractivity contribution >= 4 is 92.3 Å². The molecule has 0 atom stereocenters. The molecule has 35 heteroatoms. The highest BCUT2D eigenvalue weighted by Crippen LogP contribution is 2.35. The number of hydrogen-bond donors (Lipinski definition) is 5. The minimum Gasteiger partial charge on any atom is -0.491 e. The first-order valence-electron chi connectivity index (χ1n) is 38.1. The van der Waals surface area contributed by atoms with Gasteiger partial charge in [-0.2, -0.15) is 0 Å². The predicted octanol–water partition coefficient (Wildman–Crippen LogP) is 22.8. The number of ether oxygens (including phenoxy) is 5. The summed E-state index contributed by atoms with van der Waals surface area (Å²) in [6.07, 6.45) is 26.8. The predicted molar refractivity (Wildman–Crippen MR) is 481 cm³/mol. The molecule has 7 heterocycles. The summed E-state index contributed by atoms with van der Waals surface area (Å²) in [5.74, 6) is -2.83. The first kappa shape index (κ1) is 97.4. The van der Waals surface area contributed by atoms with E-state index in [0.29, 0.717) is 79.1 Å². The quantitative estimate of drug-likeness (QED) is 0.0277. The van der Waals surface area contributed by atoms with Crippen LogP contribution >= 0.6 is 22.9 Å². The molecule has 0 spiro atoms. The highest BCUT2D eigenvalue weighted by Gasteiger charge is 2.26. The Labute approximate surface area is 751 Å². The average molecular weight is 1810 g/mol. The second kappa shape index (κ2) is 47.6. The van der Waals surface area contributed by atoms with E-state index in [0.717, 1.165) is 42.6 Å². The van der Waals surface area contributed by atoms with Gasteiger partial charge in [0.25, 0.3) is 35.5 Å². The number of terminal acetylenes is 1. The Balaban J connectivity index is 0.000000183. The molecule has 8 aromatic carbocycles. The number of nitrogens with zero attached hydrogens (tertiary/aromatic N) is 11. The van der Waals surface area contributed by atoms with Crippen LogP contribution in [0.4, 0.5) is 70.5 Å². The van der Waals surface area contributed by atoms with Gasteiger partial charge in [-0.1, -0.05) is 68.3 Å². The molecule has 0 fully saturated rings. The van der Waals surface area contributed by atoms with E-state index in [4.69, 9.17) is 41.7 Å². The normalized spacial score (nSPS) is 10.3. The number of alkyl halides is 2. The van der Waals surface area contributed by atoms with Crippen LogP contribution in [0, 0.1) is 48.4 Å². The SMILES string of the molecule is C.C.C#Cc1cccc(C(=O)Nc2cc(Cl)cc(Oc3cncc(F)c3)c2)c1.CC(C)Oc1ccnc(C(=O)Nc2cc(F)cc(Oc3cncnc3)c2)c1.CC(F)(F)c1cccc(C(=O)Nc2cc(F)cc(Oc3cncnc3)c2)c1.CCN(c1cccnc1)c1cc(F)cc(NC(=O)c2cccc(C)c2)c1.O=C(Nc1cc(F)cc(Oc2cncnc2)c1)c1nccs1. The van der Waals surface area contributed by atoms with Crippen molar-refractivity contribution < 1.29 is 78.4 Å². The van der Waals surface area contributed by atoms with E-state index in [-0.39, 0.29) is 89.7 Å². The Morgan fingerprint density at radius 2 is 0.900 bits per heavy atom. The summed E-state index contributed by atoms with van der Waals surface area (Å²) in [5, 5.41) is 15.5. The van der Waals surface area contributed by atoms with Gasteiger partial charge in [-0.3, -0.25) is 38.9 Å². The zero-order chi connectivity index (χ0) is 91.1. The van der Waals surface area contributed by atoms with E-state index in [9.17, 15) is 54.7 Å². The third kappa shape index (κ3) is 30.8. The third-order valence-corrected chi connectivity index (χ3v) is 17.6. The fourth-order valence-corrected chi connectivity index (χ4v) is 12.0. The van der Waals surface area contributed by atoms with Crippen molar-refractivity contribution in [2.75, 3.05) is 38.0 Å². The molecule has 0 saturated heterocycles. The summed E-state index contributed by atoms with van der Waals surface area (Å²) in [5.41, 5.74) is 5.39. The maximum atomic E-state index is 14.2. The van der Waals surface area contributed by atoms with Gasteiger partial charge in [0, 0.05) is 159 Å². The molecule has 0 aliphatic heterocycles. The van der Waals surface area contributed by atoms with Crippen molar-refractivity contribution in [3.63, 3.8) is 0 Å². The van der Waals surface area contributed by atoms with E-state index in [1.807, 2.05) is 56.9 Å². The molecule has 5 amide bonds. The molecule has 0 bridgehead atoms. The third-order valence-electron chi connectivity index (χ3n) is 16.6. The number of amides is 5. The van der Waals surface area contributed by atoms with Gasteiger partial charge in [0.05, 0.1) is 67.6 Å². The van der Waals surface area contributed by atoms with Crippen LogP contribution in [0.1, 0.15) is 111 Å². The molecule has 0 unspecified atom stereocenters. The fraction of sp³-hybridized carbons (Fsp3) is 0.105. The number of aromatic nitrogens is 10. The molecule has 7 aromatic heterocycles. The van der Waals surface area contributed by atoms with Crippen LogP contribution in [0.5, 0.6) is 51.7 Å². The molecule has 0 saturated carbocycles. The summed E-state index contributed by atoms with van der Waals surface area (Å²) in [6.45, 7) is 9.04. The average Bonchev–Trinajstić information content (AvgIpc) is 0.823. The van der Waals surface area contributed by atoms with Gasteiger partial charge >= 0.3 is 0 Å². The number of benzene rings is 8. The zero-order valence-electron chi connectivity index (χ0n) is 68.0. The van der Waals surface area contributed by atoms with Crippen LogP contribution in [-0.4, -0.2) is 92.0 Å². The molecule has 130 heavy (non-hydrogen) atoms. The van der Waals surface area contributed by atoms with Crippen LogP contribution < -0.4 is 55.2 Å². The number of carbonyl (C=O) groups excluding carboxylic acids is 5. The fourth-order valence-electron chi connectivity index (χ4n) is 11.3. The number of anilines is 7. The standard InChI is InChI=1S/C21H20FN3O.C20H12ClFN2O2.C19H14F3N3O2.C19H17FN4O3.C14H9FN4O2S.2CH4/c1-3-25(19-8-5-9-23-14-19)20-12-17(22)11-18(13-20)24-21(26)16-7-4-6-15(2)10-16;1-2-13-4-3-5-14(6-13)20(25)24-17-7-15(21)8-18(10-17)26-19-9-16(22)11-23-12-19;1-19(21,22)13-4-2-3-12(5-13)18(26)25-15-6-14(20)7-16(8-15)27-17-9-23-11-24-10-17;1-12(2)26-15-3-4-23-18(8-15)19(25)24-14-5-13(20)6-16(7-14)27-17-9-21-11-22-10-17;15-9-3-10(19-13(20)14-18-1-2-22-14)5-11(4-9)21-12-6-16-8-17-7-12;;/h4-14H,3H2,1-2H3,(H,24,26);1,3-12H,(H,24,25);2-11H,1H3,(H,25,26);3-12H,1-2H3,(H,24,25);1-8H,(H,19,20);2*1H4. The lowest BCUT2D eigenvalue weighted by atomic mass is 10.1. The van der Waals surface area contributed by atoms with Crippen molar-refractivity contribution in [1.29, 1.82) is 0 Å². The van der Waals surface area contributed by atoms with Crippen LogP contribution in [0.3, 0.4) is 0 Å². The minimum atomic E-state index is -3.08. The van der Waals surface area contributed by atoms with Gasteiger partial charge in [-0.15, -0.1) is 17.8 Å². The van der Waals surface area contributed by atoms with Crippen molar-refractivity contribution in [3.8, 4) is 64.1 Å². The van der Waals surface area contributed by atoms with Gasteiger partial charge in [0.1, 0.15) is 88.3 Å².